The molecule has 1 aromatic carbocycles. The second kappa shape index (κ2) is 6.44. The van der Waals surface area contributed by atoms with Crippen LogP contribution in [0.1, 0.15) is 0 Å². The zero-order chi connectivity index (χ0) is 15.3. The number of ether oxygens (including phenoxy) is 3. The van der Waals surface area contributed by atoms with Crippen LogP contribution < -0.4 is 11.1 Å². The number of nitrogen functional groups attached to an aromatic ring is 1. The predicted octanol–water partition coefficient (Wildman–Crippen LogP) is 1.08. The zero-order valence-corrected chi connectivity index (χ0v) is 12.0. The van der Waals surface area contributed by atoms with Gasteiger partial charge in [-0.25, -0.2) is 0 Å². The number of hydrogen-bond donors (Lipinski definition) is 2. The van der Waals surface area contributed by atoms with E-state index >= 15 is 0 Å². The monoisotopic (exact) mass is 291 g/mol. The van der Waals surface area contributed by atoms with Crippen molar-refractivity contribution in [1.82, 2.24) is 15.0 Å². The van der Waals surface area contributed by atoms with Gasteiger partial charge in [-0.05, 0) is 0 Å². The number of rotatable bonds is 6. The summed E-state index contributed by atoms with van der Waals surface area (Å²) in [4.78, 5) is 12.4. The summed E-state index contributed by atoms with van der Waals surface area (Å²) in [6.07, 6.45) is -1.50. The van der Waals surface area contributed by atoms with Crippen molar-refractivity contribution in [3.63, 3.8) is 0 Å². The van der Waals surface area contributed by atoms with Gasteiger partial charge in [0.05, 0.1) is 0 Å². The molecule has 0 unspecified atom stereocenters. The highest BCUT2D eigenvalue weighted by Gasteiger charge is 2.31. The zero-order valence-electron chi connectivity index (χ0n) is 12.0. The van der Waals surface area contributed by atoms with E-state index in [-0.39, 0.29) is 11.9 Å². The van der Waals surface area contributed by atoms with Crippen LogP contribution in [0.4, 0.5) is 11.9 Å². The fraction of sp³-hybridized carbons (Fsp3) is 0.308. The summed E-state index contributed by atoms with van der Waals surface area (Å²) in [6.45, 7) is 0. The van der Waals surface area contributed by atoms with Crippen molar-refractivity contribution in [3.8, 4) is 11.4 Å². The normalized spacial score (nSPS) is 11.4. The lowest BCUT2D eigenvalue weighted by atomic mass is 10.2. The third-order valence-corrected chi connectivity index (χ3v) is 2.76. The van der Waals surface area contributed by atoms with Gasteiger partial charge in [0.1, 0.15) is 0 Å². The van der Waals surface area contributed by atoms with Crippen LogP contribution in [0.25, 0.3) is 11.4 Å². The van der Waals surface area contributed by atoms with Gasteiger partial charge < -0.3 is 19.9 Å². The van der Waals surface area contributed by atoms with Crippen LogP contribution in [0.2, 0.25) is 0 Å². The van der Waals surface area contributed by atoms with Gasteiger partial charge in [0, 0.05) is 26.9 Å². The Morgan fingerprint density at radius 2 is 1.57 bits per heavy atom. The summed E-state index contributed by atoms with van der Waals surface area (Å²) in [7, 11) is 4.26. The molecule has 0 amide bonds. The van der Waals surface area contributed by atoms with Crippen LogP contribution >= 0.6 is 0 Å². The molecular weight excluding hydrogens is 274 g/mol. The van der Waals surface area contributed by atoms with E-state index in [4.69, 9.17) is 19.9 Å². The molecule has 2 rings (SSSR count). The molecule has 1 heterocycles. The van der Waals surface area contributed by atoms with E-state index in [1.54, 1.807) is 0 Å². The molecule has 2 aromatic rings. The van der Waals surface area contributed by atoms with Crippen molar-refractivity contribution < 1.29 is 14.2 Å². The summed E-state index contributed by atoms with van der Waals surface area (Å²) in [5.41, 5.74) is 6.53. The van der Waals surface area contributed by atoms with Gasteiger partial charge in [0.2, 0.25) is 11.9 Å². The summed E-state index contributed by atoms with van der Waals surface area (Å²) >= 11 is 0. The minimum Gasteiger partial charge on any atom is -0.368 e. The van der Waals surface area contributed by atoms with Gasteiger partial charge in [-0.3, -0.25) is 5.32 Å². The molecule has 0 aliphatic rings. The molecule has 0 saturated heterocycles. The van der Waals surface area contributed by atoms with E-state index in [2.05, 4.69) is 20.3 Å². The molecule has 0 spiro atoms. The maximum Gasteiger partial charge on any atom is 0.376 e. The maximum absolute atomic E-state index is 5.72. The molecular formula is C13H17N5O3. The van der Waals surface area contributed by atoms with Crippen molar-refractivity contribution >= 4 is 11.9 Å². The molecule has 3 N–H and O–H groups in total. The van der Waals surface area contributed by atoms with Crippen molar-refractivity contribution in [2.75, 3.05) is 32.4 Å². The molecule has 0 aliphatic carbocycles. The van der Waals surface area contributed by atoms with Crippen molar-refractivity contribution in [2.45, 2.75) is 6.10 Å². The molecule has 8 nitrogen and oxygen atoms in total. The number of aromatic nitrogens is 3. The number of benzene rings is 1. The van der Waals surface area contributed by atoms with E-state index in [0.29, 0.717) is 5.82 Å². The Hall–Kier alpha value is -2.29. The Morgan fingerprint density at radius 1 is 0.952 bits per heavy atom. The largest absolute Gasteiger partial charge is 0.376 e. The first-order valence-corrected chi connectivity index (χ1v) is 6.13. The van der Waals surface area contributed by atoms with Gasteiger partial charge in [-0.1, -0.05) is 30.3 Å². The summed E-state index contributed by atoms with van der Waals surface area (Å²) in [5, 5.41) is 2.78. The van der Waals surface area contributed by atoms with Crippen LogP contribution in [-0.4, -0.2) is 42.4 Å². The standard InChI is InChI=1S/C13H17N5O3/c1-19-13(20-2,21-3)18-12-16-10(15-11(14)17-12)9-7-5-4-6-8-9/h4-8H,1-3H3,(H3,14,15,16,17,18). The van der Waals surface area contributed by atoms with E-state index in [9.17, 15) is 0 Å². The van der Waals surface area contributed by atoms with Crippen LogP contribution in [0.15, 0.2) is 30.3 Å². The molecule has 21 heavy (non-hydrogen) atoms. The Kier molecular flexibility index (Phi) is 4.63. The summed E-state index contributed by atoms with van der Waals surface area (Å²) in [5.74, 6) is 0.679. The smallest absolute Gasteiger partial charge is 0.368 e. The van der Waals surface area contributed by atoms with Crippen LogP contribution in [0.3, 0.4) is 0 Å². The van der Waals surface area contributed by atoms with Gasteiger partial charge >= 0.3 is 6.10 Å². The fourth-order valence-corrected chi connectivity index (χ4v) is 1.70. The second-order valence-electron chi connectivity index (χ2n) is 4.00. The highest BCUT2D eigenvalue weighted by molar-refractivity contribution is 5.57. The second-order valence-corrected chi connectivity index (χ2v) is 4.00. The molecule has 0 aliphatic heterocycles. The lowest BCUT2D eigenvalue weighted by molar-refractivity contribution is -0.333. The first-order chi connectivity index (χ1) is 10.1. The maximum atomic E-state index is 5.72. The van der Waals surface area contributed by atoms with Crippen molar-refractivity contribution in [3.05, 3.63) is 30.3 Å². The number of nitrogens with one attached hydrogen (secondary N) is 1. The molecule has 0 radical (unpaired) electrons. The molecule has 0 bridgehead atoms. The minimum atomic E-state index is -1.50. The van der Waals surface area contributed by atoms with E-state index in [1.165, 1.54) is 21.3 Å². The van der Waals surface area contributed by atoms with Gasteiger partial charge in [0.15, 0.2) is 5.82 Å². The number of methoxy groups -OCH3 is 3. The van der Waals surface area contributed by atoms with E-state index in [1.807, 2.05) is 30.3 Å². The Labute approximate surface area is 122 Å². The number of hydrogen-bond acceptors (Lipinski definition) is 8. The minimum absolute atomic E-state index is 0.0727. The number of anilines is 2. The van der Waals surface area contributed by atoms with Gasteiger partial charge in [0.25, 0.3) is 0 Å². The molecule has 0 fully saturated rings. The third-order valence-electron chi connectivity index (χ3n) is 2.76. The first-order valence-electron chi connectivity index (χ1n) is 6.13. The van der Waals surface area contributed by atoms with Crippen molar-refractivity contribution in [1.29, 1.82) is 0 Å². The lowest BCUT2D eigenvalue weighted by Gasteiger charge is -2.28. The highest BCUT2D eigenvalue weighted by atomic mass is 16.9. The highest BCUT2D eigenvalue weighted by Crippen LogP contribution is 2.19. The van der Waals surface area contributed by atoms with Gasteiger partial charge in [-0.2, -0.15) is 15.0 Å². The number of nitrogens with two attached hydrogens (primary N) is 1. The summed E-state index contributed by atoms with van der Waals surface area (Å²) < 4.78 is 15.4. The molecule has 112 valence electrons. The predicted molar refractivity (Wildman–Crippen MR) is 77.1 cm³/mol. The average molecular weight is 291 g/mol. The van der Waals surface area contributed by atoms with E-state index in [0.717, 1.165) is 5.56 Å². The third kappa shape index (κ3) is 3.43. The Bertz CT molecular complexity index is 581. The first kappa shape index (κ1) is 15.1. The Morgan fingerprint density at radius 3 is 2.14 bits per heavy atom. The average Bonchev–Trinajstić information content (AvgIpc) is 2.53. The molecule has 0 atom stereocenters. The van der Waals surface area contributed by atoms with E-state index < -0.39 is 6.10 Å². The molecule has 0 saturated carbocycles. The lowest BCUT2D eigenvalue weighted by Crippen LogP contribution is -2.44. The quantitative estimate of drug-likeness (QED) is 0.762. The molecule has 8 heteroatoms. The van der Waals surface area contributed by atoms with Crippen LogP contribution in [0.5, 0.6) is 0 Å². The van der Waals surface area contributed by atoms with Crippen LogP contribution in [0, 0.1) is 0 Å². The fourth-order valence-electron chi connectivity index (χ4n) is 1.70. The van der Waals surface area contributed by atoms with Crippen molar-refractivity contribution in [2.24, 2.45) is 0 Å². The Balaban J connectivity index is 2.36. The molecule has 1 aromatic heterocycles. The van der Waals surface area contributed by atoms with Gasteiger partial charge in [-0.15, -0.1) is 0 Å². The number of nitrogens with zero attached hydrogens (tertiary/aromatic N) is 3. The van der Waals surface area contributed by atoms with Crippen LogP contribution in [-0.2, 0) is 14.2 Å². The topological polar surface area (TPSA) is 104 Å². The summed E-state index contributed by atoms with van der Waals surface area (Å²) in [6, 6.07) is 9.40. The SMILES string of the molecule is COC(Nc1nc(N)nc(-c2ccccc2)n1)(OC)OC.